The molecule has 1 aliphatic rings. The minimum atomic E-state index is -0.106. The van der Waals surface area contributed by atoms with Gasteiger partial charge in [-0.25, -0.2) is 0 Å². The quantitative estimate of drug-likeness (QED) is 0.916. The van der Waals surface area contributed by atoms with Gasteiger partial charge in [0.15, 0.2) is 0 Å². The molecule has 0 radical (unpaired) electrons. The van der Waals surface area contributed by atoms with E-state index >= 15 is 0 Å². The summed E-state index contributed by atoms with van der Waals surface area (Å²) in [7, 11) is 1.73. The molecule has 24 heavy (non-hydrogen) atoms. The average Bonchev–Trinajstić information content (AvgIpc) is 2.59. The van der Waals surface area contributed by atoms with Crippen molar-refractivity contribution in [2.24, 2.45) is 7.05 Å². The summed E-state index contributed by atoms with van der Waals surface area (Å²) in [5.74, 6) is 0.831. The number of nitrogen functional groups attached to an aromatic ring is 1. The van der Waals surface area contributed by atoms with Gasteiger partial charge in [0.2, 0.25) is 0 Å². The minimum absolute atomic E-state index is 0.106. The number of pyridine rings is 1. The fraction of sp³-hybridized carbons (Fsp3) is 0.421. The number of likely N-dealkylation sites (tertiary alicyclic amines) is 1. The fourth-order valence-corrected chi connectivity index (χ4v) is 3.11. The average molecular weight is 327 g/mol. The number of ether oxygens (including phenoxy) is 1. The summed E-state index contributed by atoms with van der Waals surface area (Å²) < 4.78 is 7.45. The van der Waals surface area contributed by atoms with Crippen LogP contribution in [0, 0.1) is 0 Å². The van der Waals surface area contributed by atoms with Crippen molar-refractivity contribution < 1.29 is 4.74 Å². The van der Waals surface area contributed by atoms with Gasteiger partial charge in [-0.15, -0.1) is 0 Å². The minimum Gasteiger partial charge on any atom is -0.492 e. The van der Waals surface area contributed by atoms with Gasteiger partial charge >= 0.3 is 0 Å². The van der Waals surface area contributed by atoms with Gasteiger partial charge in [0.1, 0.15) is 12.4 Å². The highest BCUT2D eigenvalue weighted by atomic mass is 16.5. The van der Waals surface area contributed by atoms with Gasteiger partial charge in [-0.2, -0.15) is 0 Å². The number of piperidine rings is 1. The first-order valence-corrected chi connectivity index (χ1v) is 8.55. The Morgan fingerprint density at radius 2 is 1.96 bits per heavy atom. The first-order chi connectivity index (χ1) is 11.6. The Labute approximate surface area is 142 Å². The Bertz CT molecular complexity index is 749. The second-order valence-corrected chi connectivity index (χ2v) is 6.37. The first kappa shape index (κ1) is 16.6. The maximum Gasteiger partial charge on any atom is 0.252 e. The van der Waals surface area contributed by atoms with Crippen LogP contribution in [0.3, 0.4) is 0 Å². The Kier molecular flexibility index (Phi) is 5.20. The third-order valence-electron chi connectivity index (χ3n) is 4.53. The van der Waals surface area contributed by atoms with Crippen molar-refractivity contribution in [1.29, 1.82) is 0 Å². The molecule has 1 saturated heterocycles. The third-order valence-corrected chi connectivity index (χ3v) is 4.53. The van der Waals surface area contributed by atoms with E-state index in [2.05, 4.69) is 4.90 Å². The Morgan fingerprint density at radius 3 is 2.75 bits per heavy atom. The standard InChI is InChI=1S/C19H25N3O2/c1-21-14-17(18(20)13-19(21)23)15-6-5-7-16(12-15)24-11-10-22-8-3-2-4-9-22/h5-7,12-14H,2-4,8-11,20H2,1H3. The van der Waals surface area contributed by atoms with Crippen LogP contribution < -0.4 is 16.0 Å². The van der Waals surface area contributed by atoms with Gasteiger partial charge in [0.05, 0.1) is 0 Å². The number of hydrogen-bond donors (Lipinski definition) is 1. The molecule has 0 spiro atoms. The molecule has 0 aliphatic carbocycles. The second kappa shape index (κ2) is 7.53. The summed E-state index contributed by atoms with van der Waals surface area (Å²) >= 11 is 0. The molecule has 1 aromatic heterocycles. The molecule has 2 N–H and O–H groups in total. The van der Waals surface area contributed by atoms with Crippen LogP contribution in [-0.2, 0) is 7.05 Å². The molecule has 2 heterocycles. The molecule has 0 saturated carbocycles. The zero-order chi connectivity index (χ0) is 16.9. The molecular weight excluding hydrogens is 302 g/mol. The monoisotopic (exact) mass is 327 g/mol. The normalized spacial score (nSPS) is 15.4. The van der Waals surface area contributed by atoms with E-state index in [0.717, 1.165) is 23.4 Å². The molecule has 5 heteroatoms. The lowest BCUT2D eigenvalue weighted by atomic mass is 10.1. The molecule has 1 fully saturated rings. The van der Waals surface area contributed by atoms with E-state index < -0.39 is 0 Å². The predicted octanol–water partition coefficient (Wildman–Crippen LogP) is 2.50. The van der Waals surface area contributed by atoms with Crippen molar-refractivity contribution in [3.63, 3.8) is 0 Å². The Morgan fingerprint density at radius 1 is 1.17 bits per heavy atom. The molecule has 2 aromatic rings. The van der Waals surface area contributed by atoms with Crippen molar-refractivity contribution in [1.82, 2.24) is 9.47 Å². The molecule has 128 valence electrons. The maximum atomic E-state index is 11.6. The maximum absolute atomic E-state index is 11.6. The zero-order valence-electron chi connectivity index (χ0n) is 14.2. The Balaban J connectivity index is 1.68. The lowest BCUT2D eigenvalue weighted by molar-refractivity contribution is 0.183. The number of benzene rings is 1. The molecule has 0 atom stereocenters. The second-order valence-electron chi connectivity index (χ2n) is 6.37. The van der Waals surface area contributed by atoms with Crippen molar-refractivity contribution in [2.45, 2.75) is 19.3 Å². The molecule has 1 aromatic carbocycles. The number of nitrogens with zero attached hydrogens (tertiary/aromatic N) is 2. The highest BCUT2D eigenvalue weighted by molar-refractivity contribution is 5.76. The first-order valence-electron chi connectivity index (χ1n) is 8.55. The number of aromatic nitrogens is 1. The zero-order valence-corrected chi connectivity index (χ0v) is 14.2. The van der Waals surface area contributed by atoms with Crippen LogP contribution in [-0.4, -0.2) is 35.7 Å². The van der Waals surface area contributed by atoms with E-state index in [1.54, 1.807) is 13.2 Å². The van der Waals surface area contributed by atoms with Crippen LogP contribution in [0.15, 0.2) is 41.3 Å². The summed E-state index contributed by atoms with van der Waals surface area (Å²) in [5, 5.41) is 0. The molecule has 0 amide bonds. The Hall–Kier alpha value is -2.27. The number of rotatable bonds is 5. The van der Waals surface area contributed by atoms with E-state index in [0.29, 0.717) is 12.3 Å². The van der Waals surface area contributed by atoms with E-state index in [1.165, 1.54) is 43.0 Å². The van der Waals surface area contributed by atoms with Gasteiger partial charge in [-0.1, -0.05) is 18.6 Å². The lowest BCUT2D eigenvalue weighted by Crippen LogP contribution is -2.33. The lowest BCUT2D eigenvalue weighted by Gasteiger charge is -2.26. The van der Waals surface area contributed by atoms with Gasteiger partial charge < -0.3 is 15.0 Å². The van der Waals surface area contributed by atoms with Gasteiger partial charge in [-0.3, -0.25) is 9.69 Å². The number of nitrogens with two attached hydrogens (primary N) is 1. The van der Waals surface area contributed by atoms with Crippen LogP contribution in [0.5, 0.6) is 5.75 Å². The van der Waals surface area contributed by atoms with Crippen LogP contribution in [0.25, 0.3) is 11.1 Å². The van der Waals surface area contributed by atoms with Crippen LogP contribution >= 0.6 is 0 Å². The van der Waals surface area contributed by atoms with E-state index in [4.69, 9.17) is 10.5 Å². The molecular formula is C19H25N3O2. The van der Waals surface area contributed by atoms with Gasteiger partial charge in [-0.05, 0) is 43.6 Å². The molecule has 3 rings (SSSR count). The summed E-state index contributed by atoms with van der Waals surface area (Å²) in [6, 6.07) is 9.33. The SMILES string of the molecule is Cn1cc(-c2cccc(OCCN3CCCCC3)c2)c(N)cc1=O. The predicted molar refractivity (Wildman–Crippen MR) is 97.3 cm³/mol. The molecule has 0 unspecified atom stereocenters. The van der Waals surface area contributed by atoms with Crippen molar-refractivity contribution >= 4 is 5.69 Å². The van der Waals surface area contributed by atoms with E-state index in [9.17, 15) is 4.79 Å². The van der Waals surface area contributed by atoms with Crippen molar-refractivity contribution in [3.05, 3.63) is 46.9 Å². The highest BCUT2D eigenvalue weighted by Crippen LogP contribution is 2.27. The number of hydrogen-bond acceptors (Lipinski definition) is 4. The van der Waals surface area contributed by atoms with Gasteiger partial charge in [0, 0.05) is 37.1 Å². The molecule has 1 aliphatic heterocycles. The van der Waals surface area contributed by atoms with Crippen LogP contribution in [0.1, 0.15) is 19.3 Å². The third kappa shape index (κ3) is 3.97. The number of anilines is 1. The van der Waals surface area contributed by atoms with Crippen molar-refractivity contribution in [2.75, 3.05) is 32.0 Å². The van der Waals surface area contributed by atoms with E-state index in [-0.39, 0.29) is 5.56 Å². The number of aryl methyl sites for hydroxylation is 1. The highest BCUT2D eigenvalue weighted by Gasteiger charge is 2.10. The fourth-order valence-electron chi connectivity index (χ4n) is 3.11. The van der Waals surface area contributed by atoms with Crippen LogP contribution in [0.4, 0.5) is 5.69 Å². The van der Waals surface area contributed by atoms with Crippen LogP contribution in [0.2, 0.25) is 0 Å². The largest absolute Gasteiger partial charge is 0.492 e. The van der Waals surface area contributed by atoms with Gasteiger partial charge in [0.25, 0.3) is 5.56 Å². The van der Waals surface area contributed by atoms with Crippen molar-refractivity contribution in [3.8, 4) is 16.9 Å². The summed E-state index contributed by atoms with van der Waals surface area (Å²) in [6.07, 6.45) is 5.70. The molecule has 0 bridgehead atoms. The summed E-state index contributed by atoms with van der Waals surface area (Å²) in [6.45, 7) is 4.01. The van der Waals surface area contributed by atoms with E-state index in [1.807, 2.05) is 24.3 Å². The summed E-state index contributed by atoms with van der Waals surface area (Å²) in [4.78, 5) is 14.1. The molecule has 5 nitrogen and oxygen atoms in total. The topological polar surface area (TPSA) is 60.5 Å². The summed E-state index contributed by atoms with van der Waals surface area (Å²) in [5.41, 5.74) is 8.20. The smallest absolute Gasteiger partial charge is 0.252 e.